The van der Waals surface area contributed by atoms with Crippen molar-refractivity contribution in [3.05, 3.63) is 30.0 Å². The molecule has 0 spiro atoms. The van der Waals surface area contributed by atoms with Crippen LogP contribution in [-0.4, -0.2) is 87.7 Å². The highest BCUT2D eigenvalue weighted by molar-refractivity contribution is 6.05. The zero-order valence-electron chi connectivity index (χ0n) is 22.8. The fourth-order valence-corrected chi connectivity index (χ4v) is 6.15. The number of hydrogen-bond donors (Lipinski definition) is 1. The van der Waals surface area contributed by atoms with Gasteiger partial charge in [0, 0.05) is 42.6 Å². The summed E-state index contributed by atoms with van der Waals surface area (Å²) in [6, 6.07) is 9.09. The van der Waals surface area contributed by atoms with Gasteiger partial charge in [-0.15, -0.1) is 0 Å². The third-order valence-corrected chi connectivity index (χ3v) is 7.74. The third kappa shape index (κ3) is 5.62. The molecule has 2 aromatic rings. The summed E-state index contributed by atoms with van der Waals surface area (Å²) in [6.45, 7) is 12.3. The quantitative estimate of drug-likeness (QED) is 0.653. The fourth-order valence-electron chi connectivity index (χ4n) is 6.15. The molecular formula is C28H41N5O4. The van der Waals surface area contributed by atoms with Gasteiger partial charge >= 0.3 is 6.09 Å². The van der Waals surface area contributed by atoms with Crippen molar-refractivity contribution < 1.29 is 19.1 Å². The van der Waals surface area contributed by atoms with Crippen LogP contribution in [0.4, 0.5) is 4.79 Å². The van der Waals surface area contributed by atoms with Crippen molar-refractivity contribution in [3.63, 3.8) is 0 Å². The Labute approximate surface area is 219 Å². The van der Waals surface area contributed by atoms with Crippen molar-refractivity contribution in [2.75, 3.05) is 26.2 Å². The zero-order valence-corrected chi connectivity index (χ0v) is 22.8. The van der Waals surface area contributed by atoms with Crippen molar-refractivity contribution in [1.82, 2.24) is 24.9 Å². The molecule has 5 rings (SSSR count). The van der Waals surface area contributed by atoms with Crippen LogP contribution in [-0.2, 0) is 9.47 Å². The van der Waals surface area contributed by atoms with E-state index in [-0.39, 0.29) is 30.2 Å². The lowest BCUT2D eigenvalue weighted by Crippen LogP contribution is -2.55. The number of nitrogens with one attached hydrogen (secondary N) is 1. The van der Waals surface area contributed by atoms with E-state index < -0.39 is 5.60 Å². The van der Waals surface area contributed by atoms with E-state index >= 15 is 0 Å². The molecular weight excluding hydrogens is 470 g/mol. The van der Waals surface area contributed by atoms with Gasteiger partial charge in [0.15, 0.2) is 5.69 Å². The van der Waals surface area contributed by atoms with E-state index in [1.54, 1.807) is 4.90 Å². The zero-order chi connectivity index (χ0) is 26.3. The van der Waals surface area contributed by atoms with Gasteiger partial charge in [0.25, 0.3) is 5.91 Å². The molecule has 0 radical (unpaired) electrons. The number of amides is 2. The Morgan fingerprint density at radius 2 is 1.86 bits per heavy atom. The molecule has 2 amide bonds. The molecule has 3 fully saturated rings. The van der Waals surface area contributed by atoms with E-state index in [0.29, 0.717) is 37.5 Å². The van der Waals surface area contributed by atoms with Crippen molar-refractivity contribution in [1.29, 1.82) is 0 Å². The summed E-state index contributed by atoms with van der Waals surface area (Å²) in [6.07, 6.45) is 3.82. The van der Waals surface area contributed by atoms with Crippen LogP contribution in [0.15, 0.2) is 24.3 Å². The lowest BCUT2D eigenvalue weighted by atomic mass is 9.96. The highest BCUT2D eigenvalue weighted by atomic mass is 16.6. The van der Waals surface area contributed by atoms with Crippen LogP contribution in [0.5, 0.6) is 0 Å². The number of para-hydroxylation sites is 1. The first kappa shape index (κ1) is 26.0. The Balaban J connectivity index is 1.19. The molecule has 3 aliphatic rings. The number of ether oxygens (including phenoxy) is 2. The number of carbonyl (C=O) groups excluding carboxylic acids is 2. The molecule has 37 heavy (non-hydrogen) atoms. The normalized spacial score (nSPS) is 26.6. The summed E-state index contributed by atoms with van der Waals surface area (Å²) in [4.78, 5) is 30.2. The molecule has 9 heteroatoms. The monoisotopic (exact) mass is 511 g/mol. The van der Waals surface area contributed by atoms with Gasteiger partial charge in [-0.25, -0.2) is 4.79 Å². The van der Waals surface area contributed by atoms with E-state index in [4.69, 9.17) is 9.47 Å². The number of carbonyl (C=O) groups is 2. The molecule has 0 saturated carbocycles. The first-order chi connectivity index (χ1) is 17.6. The van der Waals surface area contributed by atoms with Crippen LogP contribution in [0.3, 0.4) is 0 Å². The lowest BCUT2D eigenvalue weighted by Gasteiger charge is -2.42. The van der Waals surface area contributed by atoms with Crippen LogP contribution in [0.1, 0.15) is 76.8 Å². The summed E-state index contributed by atoms with van der Waals surface area (Å²) in [5.41, 5.74) is 0.998. The molecule has 0 aliphatic carbocycles. The number of aromatic nitrogens is 2. The second-order valence-corrected chi connectivity index (χ2v) is 12.0. The van der Waals surface area contributed by atoms with Crippen LogP contribution in [0.25, 0.3) is 10.9 Å². The first-order valence-corrected chi connectivity index (χ1v) is 13.7. The molecule has 4 heterocycles. The number of piperidine rings is 1. The van der Waals surface area contributed by atoms with Crippen LogP contribution in [0, 0.1) is 0 Å². The second-order valence-electron chi connectivity index (χ2n) is 12.0. The molecule has 2 bridgehead atoms. The molecule has 3 saturated heterocycles. The van der Waals surface area contributed by atoms with Gasteiger partial charge in [0.1, 0.15) is 5.60 Å². The molecule has 1 N–H and O–H groups in total. The van der Waals surface area contributed by atoms with E-state index in [2.05, 4.69) is 29.2 Å². The molecule has 3 unspecified atom stereocenters. The molecule has 3 aliphatic heterocycles. The van der Waals surface area contributed by atoms with Gasteiger partial charge in [0.05, 0.1) is 24.8 Å². The van der Waals surface area contributed by atoms with E-state index in [9.17, 15) is 9.59 Å². The van der Waals surface area contributed by atoms with Crippen molar-refractivity contribution in [2.45, 2.75) is 96.2 Å². The molecule has 1 aromatic carbocycles. The first-order valence-electron chi connectivity index (χ1n) is 13.7. The standard InChI is InChI=1S/C28H41N5O4/c1-18(2)33-24-9-7-6-8-23(24)25(30-33)26(34)29-19-14-20-10-11-21(15-19)32(20)17-22-16-31(12-13-36-22)27(35)37-28(3,4)5/h6-9,18-22H,10-17H2,1-5H3,(H,29,34). The van der Waals surface area contributed by atoms with Gasteiger partial charge in [-0.2, -0.15) is 5.10 Å². The third-order valence-electron chi connectivity index (χ3n) is 7.74. The molecule has 202 valence electrons. The van der Waals surface area contributed by atoms with E-state index in [1.165, 1.54) is 0 Å². The minimum absolute atomic E-state index is 0.0260. The predicted molar refractivity (Wildman–Crippen MR) is 142 cm³/mol. The van der Waals surface area contributed by atoms with Gasteiger partial charge < -0.3 is 19.7 Å². The van der Waals surface area contributed by atoms with Crippen LogP contribution in [0.2, 0.25) is 0 Å². The second kappa shape index (κ2) is 10.3. The van der Waals surface area contributed by atoms with Gasteiger partial charge in [-0.05, 0) is 66.4 Å². The Kier molecular flexibility index (Phi) is 7.20. The maximum Gasteiger partial charge on any atom is 0.410 e. The molecule has 9 nitrogen and oxygen atoms in total. The number of fused-ring (bicyclic) bond motifs is 3. The predicted octanol–water partition coefficient (Wildman–Crippen LogP) is 3.98. The van der Waals surface area contributed by atoms with Gasteiger partial charge in [0.2, 0.25) is 0 Å². The minimum atomic E-state index is -0.504. The van der Waals surface area contributed by atoms with Crippen molar-refractivity contribution >= 4 is 22.9 Å². The Morgan fingerprint density at radius 1 is 1.16 bits per heavy atom. The van der Waals surface area contributed by atoms with Crippen LogP contribution >= 0.6 is 0 Å². The highest BCUT2D eigenvalue weighted by Crippen LogP contribution is 2.36. The summed E-state index contributed by atoms with van der Waals surface area (Å²) >= 11 is 0. The lowest BCUT2D eigenvalue weighted by molar-refractivity contribution is -0.0609. The SMILES string of the molecule is CC(C)n1nc(C(=O)NC2CC3CCC(C2)N3CC2CN(C(=O)OC(C)(C)C)CCO2)c2ccccc21. The largest absolute Gasteiger partial charge is 0.444 e. The maximum atomic E-state index is 13.3. The highest BCUT2D eigenvalue weighted by Gasteiger charge is 2.43. The fraction of sp³-hybridized carbons (Fsp3) is 0.679. The summed E-state index contributed by atoms with van der Waals surface area (Å²) in [5, 5.41) is 8.89. The number of morpholine rings is 1. The molecule has 1 aromatic heterocycles. The number of hydrogen-bond acceptors (Lipinski definition) is 6. The Morgan fingerprint density at radius 3 is 2.54 bits per heavy atom. The number of benzene rings is 1. The summed E-state index contributed by atoms with van der Waals surface area (Å²) in [5.74, 6) is -0.0860. The van der Waals surface area contributed by atoms with E-state index in [1.807, 2.05) is 49.7 Å². The minimum Gasteiger partial charge on any atom is -0.444 e. The van der Waals surface area contributed by atoms with Crippen LogP contribution < -0.4 is 5.32 Å². The van der Waals surface area contributed by atoms with Crippen molar-refractivity contribution in [2.24, 2.45) is 0 Å². The van der Waals surface area contributed by atoms with Crippen molar-refractivity contribution in [3.8, 4) is 0 Å². The number of nitrogens with zero attached hydrogens (tertiary/aromatic N) is 4. The van der Waals surface area contributed by atoms with E-state index in [0.717, 1.165) is 43.1 Å². The smallest absolute Gasteiger partial charge is 0.410 e. The number of rotatable bonds is 5. The topological polar surface area (TPSA) is 88.9 Å². The summed E-state index contributed by atoms with van der Waals surface area (Å²) in [7, 11) is 0. The average molecular weight is 512 g/mol. The molecule has 3 atom stereocenters. The maximum absolute atomic E-state index is 13.3. The Hall–Kier alpha value is -2.65. The average Bonchev–Trinajstić information content (AvgIpc) is 3.33. The van der Waals surface area contributed by atoms with Gasteiger partial charge in [-0.1, -0.05) is 18.2 Å². The van der Waals surface area contributed by atoms with Gasteiger partial charge in [-0.3, -0.25) is 14.4 Å². The summed E-state index contributed by atoms with van der Waals surface area (Å²) < 4.78 is 13.6. The Bertz CT molecular complexity index is 1130.